The molecule has 0 aromatic heterocycles. The Bertz CT molecular complexity index is 888. The second-order valence-corrected chi connectivity index (χ2v) is 8.70. The molecule has 0 aliphatic carbocycles. The van der Waals surface area contributed by atoms with Crippen LogP contribution in [0.15, 0.2) is 48.5 Å². The Morgan fingerprint density at radius 2 is 1.42 bits per heavy atom. The lowest BCUT2D eigenvalue weighted by Crippen LogP contribution is -2.58. The van der Waals surface area contributed by atoms with Gasteiger partial charge in [-0.1, -0.05) is 59.7 Å². The number of hydrogen-bond donors (Lipinski definition) is 2. The lowest BCUT2D eigenvalue weighted by molar-refractivity contribution is -0.126. The summed E-state index contributed by atoms with van der Waals surface area (Å²) in [6, 6.07) is 16.5. The van der Waals surface area contributed by atoms with Crippen LogP contribution < -0.4 is 10.6 Å². The number of aryl methyl sites for hydroxylation is 4. The fraction of sp³-hybridized carbons (Fsp3) is 0.462. The number of ether oxygens (including phenoxy) is 1. The molecule has 0 bridgehead atoms. The van der Waals surface area contributed by atoms with Crippen molar-refractivity contribution < 1.29 is 14.3 Å². The average Bonchev–Trinajstić information content (AvgIpc) is 2.76. The first-order chi connectivity index (χ1) is 14.9. The summed E-state index contributed by atoms with van der Waals surface area (Å²) in [5.41, 5.74) is 4.31. The largest absolute Gasteiger partial charge is 0.381 e. The van der Waals surface area contributed by atoms with Crippen LogP contribution in [0, 0.1) is 13.8 Å². The number of carbonyl (C=O) groups excluding carboxylic acids is 2. The SMILES string of the molecule is Cc1cccc(CCC(=O)NCC2(NC(=O)CCc3cccc(C)c3)CCOCC2)c1. The Balaban J connectivity index is 1.49. The van der Waals surface area contributed by atoms with E-state index < -0.39 is 5.54 Å². The second kappa shape index (κ2) is 11.1. The van der Waals surface area contributed by atoms with Crippen LogP contribution >= 0.6 is 0 Å². The zero-order valence-electron chi connectivity index (χ0n) is 18.7. The Kier molecular flexibility index (Phi) is 8.24. The van der Waals surface area contributed by atoms with E-state index in [0.717, 1.165) is 0 Å². The molecule has 2 amide bonds. The summed E-state index contributed by atoms with van der Waals surface area (Å²) in [4.78, 5) is 25.2. The van der Waals surface area contributed by atoms with Gasteiger partial charge in [0.15, 0.2) is 0 Å². The standard InChI is InChI=1S/C26H34N2O3/c1-20-5-3-7-22(17-20)9-11-24(29)27-19-26(13-15-31-16-14-26)28-25(30)12-10-23-8-4-6-21(2)18-23/h3-8,17-18H,9-16,19H2,1-2H3,(H,27,29)(H,28,30). The molecule has 5 heteroatoms. The molecule has 1 fully saturated rings. The molecule has 1 aliphatic heterocycles. The molecule has 5 nitrogen and oxygen atoms in total. The molecule has 31 heavy (non-hydrogen) atoms. The van der Waals surface area contributed by atoms with Gasteiger partial charge in [0.25, 0.3) is 0 Å². The van der Waals surface area contributed by atoms with Gasteiger partial charge in [0.1, 0.15) is 0 Å². The third kappa shape index (κ3) is 7.51. The first kappa shape index (κ1) is 23.0. The van der Waals surface area contributed by atoms with E-state index in [1.165, 1.54) is 22.3 Å². The van der Waals surface area contributed by atoms with Crippen molar-refractivity contribution in [3.63, 3.8) is 0 Å². The molecule has 0 radical (unpaired) electrons. The molecule has 1 heterocycles. The van der Waals surface area contributed by atoms with Crippen molar-refractivity contribution in [3.05, 3.63) is 70.8 Å². The number of carbonyl (C=O) groups is 2. The fourth-order valence-electron chi connectivity index (χ4n) is 4.07. The number of nitrogens with one attached hydrogen (secondary N) is 2. The summed E-state index contributed by atoms with van der Waals surface area (Å²) in [6.07, 6.45) is 3.73. The maximum absolute atomic E-state index is 12.7. The minimum absolute atomic E-state index is 0.0152. The average molecular weight is 423 g/mol. The van der Waals surface area contributed by atoms with E-state index in [0.29, 0.717) is 58.3 Å². The fourth-order valence-corrected chi connectivity index (χ4v) is 4.07. The monoisotopic (exact) mass is 422 g/mol. The van der Waals surface area contributed by atoms with Crippen molar-refractivity contribution in [3.8, 4) is 0 Å². The summed E-state index contributed by atoms with van der Waals surface area (Å²) < 4.78 is 5.51. The summed E-state index contributed by atoms with van der Waals surface area (Å²) >= 11 is 0. The molecule has 0 saturated carbocycles. The van der Waals surface area contributed by atoms with Gasteiger partial charge in [-0.25, -0.2) is 0 Å². The third-order valence-electron chi connectivity index (χ3n) is 5.92. The summed E-state index contributed by atoms with van der Waals surface area (Å²) in [6.45, 7) is 5.75. The van der Waals surface area contributed by atoms with Gasteiger partial charge in [0, 0.05) is 32.6 Å². The summed E-state index contributed by atoms with van der Waals surface area (Å²) in [5.74, 6) is 0.0406. The molecule has 0 unspecified atom stereocenters. The molecule has 0 spiro atoms. The van der Waals surface area contributed by atoms with Crippen molar-refractivity contribution in [1.82, 2.24) is 10.6 Å². The van der Waals surface area contributed by atoms with E-state index in [-0.39, 0.29) is 11.8 Å². The molecule has 2 aromatic rings. The first-order valence-corrected chi connectivity index (χ1v) is 11.2. The number of amides is 2. The maximum atomic E-state index is 12.7. The summed E-state index contributed by atoms with van der Waals surface area (Å²) in [5, 5.41) is 6.28. The highest BCUT2D eigenvalue weighted by Gasteiger charge is 2.34. The van der Waals surface area contributed by atoms with Crippen molar-refractivity contribution in [2.45, 2.75) is 57.9 Å². The zero-order valence-corrected chi connectivity index (χ0v) is 18.7. The quantitative estimate of drug-likeness (QED) is 0.648. The topological polar surface area (TPSA) is 67.4 Å². The second-order valence-electron chi connectivity index (χ2n) is 8.70. The molecular formula is C26H34N2O3. The third-order valence-corrected chi connectivity index (χ3v) is 5.92. The number of rotatable bonds is 9. The number of benzene rings is 2. The predicted molar refractivity (Wildman–Crippen MR) is 123 cm³/mol. The van der Waals surface area contributed by atoms with E-state index in [4.69, 9.17) is 4.74 Å². The van der Waals surface area contributed by atoms with Crippen LogP contribution in [0.1, 0.15) is 47.9 Å². The van der Waals surface area contributed by atoms with Crippen molar-refractivity contribution in [1.29, 1.82) is 0 Å². The Labute approximate surface area is 185 Å². The van der Waals surface area contributed by atoms with Gasteiger partial charge in [0.2, 0.25) is 11.8 Å². The maximum Gasteiger partial charge on any atom is 0.220 e. The summed E-state index contributed by atoms with van der Waals surface area (Å²) in [7, 11) is 0. The van der Waals surface area contributed by atoms with Crippen LogP contribution in [0.5, 0.6) is 0 Å². The van der Waals surface area contributed by atoms with Gasteiger partial charge in [0.05, 0.1) is 5.54 Å². The van der Waals surface area contributed by atoms with Gasteiger partial charge in [-0.05, 0) is 50.7 Å². The van der Waals surface area contributed by atoms with Crippen LogP contribution in [0.2, 0.25) is 0 Å². The first-order valence-electron chi connectivity index (χ1n) is 11.2. The van der Waals surface area contributed by atoms with Crippen LogP contribution in [0.3, 0.4) is 0 Å². The van der Waals surface area contributed by atoms with E-state index in [2.05, 4.69) is 60.9 Å². The molecule has 2 N–H and O–H groups in total. The smallest absolute Gasteiger partial charge is 0.220 e. The van der Waals surface area contributed by atoms with E-state index in [9.17, 15) is 9.59 Å². The highest BCUT2D eigenvalue weighted by molar-refractivity contribution is 5.78. The zero-order chi connectivity index (χ0) is 22.1. The van der Waals surface area contributed by atoms with Crippen LogP contribution in [-0.2, 0) is 27.2 Å². The minimum atomic E-state index is -0.430. The molecule has 166 valence electrons. The molecule has 3 rings (SSSR count). The van der Waals surface area contributed by atoms with Crippen LogP contribution in [0.25, 0.3) is 0 Å². The van der Waals surface area contributed by atoms with Gasteiger partial charge in [-0.15, -0.1) is 0 Å². The minimum Gasteiger partial charge on any atom is -0.381 e. The van der Waals surface area contributed by atoms with E-state index in [1.807, 2.05) is 12.1 Å². The highest BCUT2D eigenvalue weighted by Crippen LogP contribution is 2.21. The molecule has 2 aromatic carbocycles. The van der Waals surface area contributed by atoms with Crippen molar-refractivity contribution in [2.75, 3.05) is 19.8 Å². The van der Waals surface area contributed by atoms with E-state index in [1.54, 1.807) is 0 Å². The predicted octanol–water partition coefficient (Wildman–Crippen LogP) is 3.65. The Morgan fingerprint density at radius 3 is 1.97 bits per heavy atom. The van der Waals surface area contributed by atoms with Gasteiger partial charge in [-0.2, -0.15) is 0 Å². The van der Waals surface area contributed by atoms with Crippen LogP contribution in [0.4, 0.5) is 0 Å². The van der Waals surface area contributed by atoms with Gasteiger partial charge in [-0.3, -0.25) is 9.59 Å². The lowest BCUT2D eigenvalue weighted by Gasteiger charge is -2.38. The van der Waals surface area contributed by atoms with Crippen molar-refractivity contribution in [2.24, 2.45) is 0 Å². The van der Waals surface area contributed by atoms with Gasteiger partial charge < -0.3 is 15.4 Å². The normalized spacial score (nSPS) is 15.3. The molecular weight excluding hydrogens is 388 g/mol. The van der Waals surface area contributed by atoms with E-state index >= 15 is 0 Å². The van der Waals surface area contributed by atoms with Crippen LogP contribution in [-0.4, -0.2) is 37.1 Å². The lowest BCUT2D eigenvalue weighted by atomic mass is 9.89. The van der Waals surface area contributed by atoms with Gasteiger partial charge >= 0.3 is 0 Å². The highest BCUT2D eigenvalue weighted by atomic mass is 16.5. The Hall–Kier alpha value is -2.66. The molecule has 1 saturated heterocycles. The molecule has 0 atom stereocenters. The number of hydrogen-bond acceptors (Lipinski definition) is 3. The molecule has 1 aliphatic rings. The van der Waals surface area contributed by atoms with Crippen molar-refractivity contribution >= 4 is 11.8 Å². The Morgan fingerprint density at radius 1 is 0.871 bits per heavy atom.